The van der Waals surface area contributed by atoms with E-state index in [4.69, 9.17) is 21.3 Å². The number of hydrogen-bond donors (Lipinski definition) is 4. The molecule has 140 valence electrons. The predicted molar refractivity (Wildman–Crippen MR) is 101 cm³/mol. The van der Waals surface area contributed by atoms with Crippen LogP contribution in [-0.2, 0) is 11.2 Å². The van der Waals surface area contributed by atoms with Gasteiger partial charge in [0, 0.05) is 17.2 Å². The fraction of sp³-hybridized carbons (Fsp3) is 0.211. The lowest BCUT2D eigenvalue weighted by atomic mass is 9.94. The largest absolute Gasteiger partial charge is 0.493 e. The van der Waals surface area contributed by atoms with Crippen molar-refractivity contribution in [2.45, 2.75) is 12.8 Å². The van der Waals surface area contributed by atoms with Crippen molar-refractivity contribution in [2.75, 3.05) is 11.9 Å². The van der Waals surface area contributed by atoms with Crippen LogP contribution in [0.1, 0.15) is 22.3 Å². The lowest BCUT2D eigenvalue weighted by molar-refractivity contribution is -0.138. The summed E-state index contributed by atoms with van der Waals surface area (Å²) in [6, 6.07) is 11.9. The third-order valence-corrected chi connectivity index (χ3v) is 4.15. The first-order valence-electron chi connectivity index (χ1n) is 8.39. The average Bonchev–Trinajstić information content (AvgIpc) is 2.61. The summed E-state index contributed by atoms with van der Waals surface area (Å²) in [5.41, 5.74) is 13.2. The van der Waals surface area contributed by atoms with Crippen LogP contribution in [0.15, 0.2) is 47.5 Å². The van der Waals surface area contributed by atoms with Crippen LogP contribution in [0.2, 0.25) is 0 Å². The Labute approximate surface area is 155 Å². The zero-order valence-corrected chi connectivity index (χ0v) is 14.5. The molecule has 0 bridgehead atoms. The van der Waals surface area contributed by atoms with Crippen LogP contribution < -0.4 is 21.5 Å². The number of nitrogens with two attached hydrogens (primary N) is 2. The Morgan fingerprint density at radius 3 is 2.59 bits per heavy atom. The summed E-state index contributed by atoms with van der Waals surface area (Å²) in [5, 5.41) is 11.8. The van der Waals surface area contributed by atoms with Gasteiger partial charge in [0.2, 0.25) is 0 Å². The van der Waals surface area contributed by atoms with Gasteiger partial charge in [-0.15, -0.1) is 0 Å². The van der Waals surface area contributed by atoms with Crippen molar-refractivity contribution in [3.63, 3.8) is 0 Å². The summed E-state index contributed by atoms with van der Waals surface area (Å²) < 4.78 is 5.62. The number of fused-ring (bicyclic) bond motifs is 1. The van der Waals surface area contributed by atoms with E-state index in [1.54, 1.807) is 36.4 Å². The minimum Gasteiger partial charge on any atom is -0.493 e. The van der Waals surface area contributed by atoms with Crippen LogP contribution in [0.4, 0.5) is 11.4 Å². The van der Waals surface area contributed by atoms with Crippen LogP contribution >= 0.6 is 0 Å². The number of carboxylic acids is 1. The third kappa shape index (κ3) is 4.75. The Bertz CT molecular complexity index is 889. The lowest BCUT2D eigenvalue weighted by Crippen LogP contribution is -2.23. The first-order valence-corrected chi connectivity index (χ1v) is 8.39. The van der Waals surface area contributed by atoms with E-state index in [9.17, 15) is 9.59 Å². The molecule has 1 heterocycles. The van der Waals surface area contributed by atoms with E-state index in [0.29, 0.717) is 30.0 Å². The second kappa shape index (κ2) is 7.77. The minimum atomic E-state index is -0.847. The molecule has 0 fully saturated rings. The summed E-state index contributed by atoms with van der Waals surface area (Å²) in [6.45, 7) is 0.382. The molecule has 1 unspecified atom stereocenters. The van der Waals surface area contributed by atoms with Crippen LogP contribution in [0.5, 0.6) is 5.75 Å². The normalized spacial score (nSPS) is 15.2. The van der Waals surface area contributed by atoms with Crippen molar-refractivity contribution in [3.05, 3.63) is 53.6 Å². The van der Waals surface area contributed by atoms with E-state index < -0.39 is 5.97 Å². The van der Waals surface area contributed by atoms with Gasteiger partial charge in [0.25, 0.3) is 5.91 Å². The molecule has 0 saturated heterocycles. The number of carboxylic acid groups (broad SMARTS) is 1. The van der Waals surface area contributed by atoms with Crippen molar-refractivity contribution in [2.24, 2.45) is 22.4 Å². The van der Waals surface area contributed by atoms with Gasteiger partial charge >= 0.3 is 5.97 Å². The Hall–Kier alpha value is -3.55. The molecule has 0 saturated carbocycles. The number of benzene rings is 2. The number of guanidine groups is 1. The van der Waals surface area contributed by atoms with Gasteiger partial charge in [-0.1, -0.05) is 0 Å². The maximum absolute atomic E-state index is 12.4. The van der Waals surface area contributed by atoms with Crippen molar-refractivity contribution in [3.8, 4) is 5.75 Å². The zero-order chi connectivity index (χ0) is 19.4. The highest BCUT2D eigenvalue weighted by atomic mass is 16.5. The number of aliphatic imine (C=N–C) groups is 1. The molecule has 1 amide bonds. The molecule has 1 atom stereocenters. The van der Waals surface area contributed by atoms with Gasteiger partial charge in [-0.05, 0) is 54.4 Å². The first-order chi connectivity index (χ1) is 12.9. The van der Waals surface area contributed by atoms with Gasteiger partial charge in [0.1, 0.15) is 5.75 Å². The van der Waals surface area contributed by atoms with Crippen molar-refractivity contribution >= 4 is 29.2 Å². The molecule has 1 aliphatic rings. The van der Waals surface area contributed by atoms with E-state index in [1.807, 2.05) is 6.07 Å². The number of hydrogen-bond acceptors (Lipinski definition) is 4. The highest BCUT2D eigenvalue weighted by Gasteiger charge is 2.22. The first kappa shape index (κ1) is 18.2. The Morgan fingerprint density at radius 1 is 1.19 bits per heavy atom. The quantitative estimate of drug-likeness (QED) is 0.469. The van der Waals surface area contributed by atoms with Crippen molar-refractivity contribution < 1.29 is 19.4 Å². The molecule has 27 heavy (non-hydrogen) atoms. The number of ether oxygens (including phenoxy) is 1. The monoisotopic (exact) mass is 368 g/mol. The Morgan fingerprint density at radius 2 is 1.93 bits per heavy atom. The van der Waals surface area contributed by atoms with Crippen molar-refractivity contribution in [1.82, 2.24) is 0 Å². The summed E-state index contributed by atoms with van der Waals surface area (Å²) >= 11 is 0. The second-order valence-electron chi connectivity index (χ2n) is 6.34. The van der Waals surface area contributed by atoms with Gasteiger partial charge in [0.15, 0.2) is 5.96 Å². The minimum absolute atomic E-state index is 0.0512. The summed E-state index contributed by atoms with van der Waals surface area (Å²) in [7, 11) is 0. The van der Waals surface area contributed by atoms with Gasteiger partial charge in [0.05, 0.1) is 18.7 Å². The molecule has 8 nitrogen and oxygen atoms in total. The van der Waals surface area contributed by atoms with Crippen LogP contribution in [-0.4, -0.2) is 29.5 Å². The van der Waals surface area contributed by atoms with E-state index >= 15 is 0 Å². The van der Waals surface area contributed by atoms with E-state index in [2.05, 4.69) is 10.3 Å². The van der Waals surface area contributed by atoms with E-state index in [1.165, 1.54) is 0 Å². The molecule has 0 aliphatic carbocycles. The number of aliphatic carboxylic acids is 1. The Kier molecular flexibility index (Phi) is 5.25. The molecule has 2 aromatic carbocycles. The van der Waals surface area contributed by atoms with Crippen LogP contribution in [0, 0.1) is 5.92 Å². The highest BCUT2D eigenvalue weighted by molar-refractivity contribution is 6.04. The Balaban J connectivity index is 1.70. The fourth-order valence-corrected chi connectivity index (χ4v) is 2.95. The predicted octanol–water partition coefficient (Wildman–Crippen LogP) is 1.87. The smallest absolute Gasteiger partial charge is 0.303 e. The van der Waals surface area contributed by atoms with Crippen LogP contribution in [0.25, 0.3) is 0 Å². The van der Waals surface area contributed by atoms with E-state index in [-0.39, 0.29) is 24.2 Å². The molecule has 6 N–H and O–H groups in total. The van der Waals surface area contributed by atoms with E-state index in [0.717, 1.165) is 11.3 Å². The standard InChI is InChI=1S/C19H20N4O4/c20-19(21)23-14-3-1-12(2-4-14)18(26)22-15-5-6-16-13(9-15)7-11(10-27-16)8-17(24)25/h1-6,9,11H,7-8,10H2,(H,22,26)(H,24,25)(H4,20,21,23). The topological polar surface area (TPSA) is 140 Å². The summed E-state index contributed by atoms with van der Waals surface area (Å²) in [6.07, 6.45) is 0.650. The molecular weight excluding hydrogens is 348 g/mol. The fourth-order valence-electron chi connectivity index (χ4n) is 2.95. The maximum Gasteiger partial charge on any atom is 0.303 e. The number of amides is 1. The molecule has 0 aromatic heterocycles. The molecule has 3 rings (SSSR count). The average molecular weight is 368 g/mol. The van der Waals surface area contributed by atoms with Gasteiger partial charge in [-0.3, -0.25) is 9.59 Å². The molecule has 0 radical (unpaired) electrons. The molecule has 2 aromatic rings. The van der Waals surface area contributed by atoms with Gasteiger partial charge in [-0.25, -0.2) is 4.99 Å². The second-order valence-corrected chi connectivity index (χ2v) is 6.34. The summed E-state index contributed by atoms with van der Waals surface area (Å²) in [5.74, 6) is -0.532. The molecule has 1 aliphatic heterocycles. The summed E-state index contributed by atoms with van der Waals surface area (Å²) in [4.78, 5) is 27.2. The number of anilines is 1. The maximum atomic E-state index is 12.4. The van der Waals surface area contributed by atoms with Crippen molar-refractivity contribution in [1.29, 1.82) is 0 Å². The number of rotatable bonds is 5. The molecule has 0 spiro atoms. The highest BCUT2D eigenvalue weighted by Crippen LogP contribution is 2.31. The SMILES string of the molecule is NC(N)=Nc1ccc(C(=O)Nc2ccc3c(c2)CC(CC(=O)O)CO3)cc1. The van der Waals surface area contributed by atoms with Gasteiger partial charge in [-0.2, -0.15) is 0 Å². The number of carbonyl (C=O) groups is 2. The number of carbonyl (C=O) groups excluding carboxylic acids is 1. The number of nitrogens with zero attached hydrogens (tertiary/aromatic N) is 1. The number of nitrogens with one attached hydrogen (secondary N) is 1. The zero-order valence-electron chi connectivity index (χ0n) is 14.5. The lowest BCUT2D eigenvalue weighted by Gasteiger charge is -2.24. The third-order valence-electron chi connectivity index (χ3n) is 4.15. The molecular formula is C19H20N4O4. The van der Waals surface area contributed by atoms with Crippen LogP contribution in [0.3, 0.4) is 0 Å². The van der Waals surface area contributed by atoms with Gasteiger partial charge < -0.3 is 26.6 Å². The molecule has 8 heteroatoms.